The minimum absolute atomic E-state index is 0.0256. The molecule has 0 fully saturated rings. The zero-order valence-electron chi connectivity index (χ0n) is 19.1. The zero-order chi connectivity index (χ0) is 26.9. The Bertz CT molecular complexity index is 1300. The molecule has 200 valence electrons. The Morgan fingerprint density at radius 1 is 0.676 bits per heavy atom. The third kappa shape index (κ3) is 8.72. The van der Waals surface area contributed by atoms with Crippen LogP contribution in [0.25, 0.3) is 0 Å². The predicted octanol–water partition coefficient (Wildman–Crippen LogP) is 3.88. The van der Waals surface area contributed by atoms with Gasteiger partial charge in [-0.2, -0.15) is 21.6 Å². The van der Waals surface area contributed by atoms with Crippen molar-refractivity contribution in [3.8, 4) is 5.75 Å². The van der Waals surface area contributed by atoms with Crippen LogP contribution in [0, 0.1) is 0 Å². The Labute approximate surface area is 216 Å². The van der Waals surface area contributed by atoms with Gasteiger partial charge in [0.15, 0.2) is 14.7 Å². The van der Waals surface area contributed by atoms with Gasteiger partial charge in [-0.15, -0.1) is 0 Å². The van der Waals surface area contributed by atoms with Gasteiger partial charge >= 0.3 is 25.8 Å². The number of alkyl halides is 3. The second kappa shape index (κ2) is 12.8. The second-order valence-corrected chi connectivity index (χ2v) is 12.5. The number of nitrogens with one attached hydrogen (secondary N) is 1. The summed E-state index contributed by atoms with van der Waals surface area (Å²) in [6.07, 6.45) is 0. The largest absolute Gasteiger partial charge is 0.512 e. The first-order valence-corrected chi connectivity index (χ1v) is 14.7. The lowest BCUT2D eigenvalue weighted by atomic mass is 10.3. The molecule has 1 N–H and O–H groups in total. The van der Waals surface area contributed by atoms with Crippen molar-refractivity contribution in [3.63, 3.8) is 0 Å². The molecule has 3 rings (SSSR count). The van der Waals surface area contributed by atoms with Crippen LogP contribution in [0.2, 0.25) is 0 Å². The van der Waals surface area contributed by atoms with Gasteiger partial charge in [-0.25, -0.2) is 8.42 Å². The fourth-order valence-electron chi connectivity index (χ4n) is 2.92. The molecule has 8 nitrogen and oxygen atoms in total. The van der Waals surface area contributed by atoms with E-state index >= 15 is 0 Å². The van der Waals surface area contributed by atoms with Crippen molar-refractivity contribution < 1.29 is 43.7 Å². The zero-order valence-corrected chi connectivity index (χ0v) is 21.6. The Morgan fingerprint density at radius 2 is 1.16 bits per heavy atom. The monoisotopic (exact) mass is 578 g/mol. The summed E-state index contributed by atoms with van der Waals surface area (Å²) in [7, 11) is -11.6. The van der Waals surface area contributed by atoms with Crippen molar-refractivity contribution >= 4 is 31.2 Å². The number of rotatable bonds is 13. The quantitative estimate of drug-likeness (QED) is 0.242. The van der Waals surface area contributed by atoms with Crippen LogP contribution >= 0.6 is 0 Å². The Morgan fingerprint density at radius 3 is 1.68 bits per heavy atom. The van der Waals surface area contributed by atoms with Gasteiger partial charge in [-0.1, -0.05) is 40.5 Å². The van der Waals surface area contributed by atoms with Crippen LogP contribution in [-0.2, 0) is 40.1 Å². The highest BCUT2D eigenvalue weighted by Crippen LogP contribution is 2.31. The Kier molecular flexibility index (Phi) is 9.98. The lowest BCUT2D eigenvalue weighted by Crippen LogP contribution is -2.41. The summed E-state index contributed by atoms with van der Waals surface area (Å²) in [6, 6.07) is 27.8. The lowest BCUT2D eigenvalue weighted by Gasteiger charge is -2.11. The van der Waals surface area contributed by atoms with E-state index in [9.17, 15) is 30.0 Å². The average Bonchev–Trinajstić information content (AvgIpc) is 2.84. The van der Waals surface area contributed by atoms with E-state index < -0.39 is 32.4 Å². The molecule has 0 spiro atoms. The number of sulfonamides is 1. The SMILES string of the molecule is O=S(=O)(NS(=O)(=O)C(F)(F)F)OCCOCCOc1ccc([S+](c2ccccc2)c2ccccc2)cc1. The molecular formula is C23H23F3NO7S3+. The minimum Gasteiger partial charge on any atom is -0.491 e. The first-order valence-electron chi connectivity index (χ1n) is 10.6. The van der Waals surface area contributed by atoms with Crippen LogP contribution in [-0.4, -0.2) is 48.8 Å². The fourth-order valence-corrected chi connectivity index (χ4v) is 6.94. The van der Waals surface area contributed by atoms with Crippen LogP contribution in [0.4, 0.5) is 13.2 Å². The minimum atomic E-state index is -6.10. The molecule has 0 aliphatic carbocycles. The molecule has 0 aliphatic heterocycles. The van der Waals surface area contributed by atoms with Gasteiger partial charge in [-0.05, 0) is 48.5 Å². The molecule has 0 saturated heterocycles. The van der Waals surface area contributed by atoms with Gasteiger partial charge in [0, 0.05) is 0 Å². The van der Waals surface area contributed by atoms with E-state index in [0.717, 1.165) is 4.90 Å². The maximum Gasteiger partial charge on any atom is 0.512 e. The Balaban J connectivity index is 1.45. The van der Waals surface area contributed by atoms with E-state index in [1.165, 1.54) is 9.79 Å². The average molecular weight is 579 g/mol. The summed E-state index contributed by atoms with van der Waals surface area (Å²) in [6.45, 7) is -0.890. The second-order valence-electron chi connectivity index (χ2n) is 7.17. The number of halogens is 3. The van der Waals surface area contributed by atoms with E-state index in [1.807, 2.05) is 60.7 Å². The molecule has 0 atom stereocenters. The summed E-state index contributed by atoms with van der Waals surface area (Å²) in [4.78, 5) is 3.44. The molecule has 0 bridgehead atoms. The summed E-state index contributed by atoms with van der Waals surface area (Å²) < 4.78 is 96.4. The highest BCUT2D eigenvalue weighted by Gasteiger charge is 2.48. The number of benzene rings is 3. The summed E-state index contributed by atoms with van der Waals surface area (Å²) in [5, 5.41) is 0. The summed E-state index contributed by atoms with van der Waals surface area (Å²) in [5.41, 5.74) is -5.79. The normalized spacial score (nSPS) is 12.5. The van der Waals surface area contributed by atoms with Crippen LogP contribution in [0.5, 0.6) is 5.75 Å². The molecule has 0 unspecified atom stereocenters. The van der Waals surface area contributed by atoms with Crippen LogP contribution in [0.1, 0.15) is 0 Å². The number of hydrogen-bond donors (Lipinski definition) is 1. The molecule has 0 saturated carbocycles. The molecule has 14 heteroatoms. The first kappa shape index (κ1) is 28.9. The van der Waals surface area contributed by atoms with Gasteiger partial charge in [0.25, 0.3) is 0 Å². The van der Waals surface area contributed by atoms with Crippen LogP contribution in [0.3, 0.4) is 0 Å². The standard InChI is InChI=1S/C23H23F3NO7S3/c24-23(25,26)36(28,29)27-37(30,31)34-18-16-32-15-17-33-19-11-13-22(14-12-19)35(20-7-3-1-4-8-20)21-9-5-2-6-10-21/h1-14,27H,15-18H2/q+1. The van der Waals surface area contributed by atoms with E-state index in [0.29, 0.717) is 9.88 Å². The van der Waals surface area contributed by atoms with Crippen molar-refractivity contribution in [1.82, 2.24) is 4.13 Å². The van der Waals surface area contributed by atoms with Crippen molar-refractivity contribution in [2.45, 2.75) is 20.2 Å². The highest BCUT2D eigenvalue weighted by atomic mass is 32.3. The third-order valence-corrected chi connectivity index (χ3v) is 9.51. The maximum absolute atomic E-state index is 12.2. The molecule has 3 aromatic carbocycles. The van der Waals surface area contributed by atoms with Crippen molar-refractivity contribution in [3.05, 3.63) is 84.9 Å². The molecular weight excluding hydrogens is 555 g/mol. The van der Waals surface area contributed by atoms with Gasteiger partial charge in [-0.3, -0.25) is 4.18 Å². The number of hydrogen-bond acceptors (Lipinski definition) is 7. The summed E-state index contributed by atoms with van der Waals surface area (Å²) >= 11 is 0. The molecule has 0 heterocycles. The molecule has 0 radical (unpaired) electrons. The van der Waals surface area contributed by atoms with Crippen molar-refractivity contribution in [2.75, 3.05) is 26.4 Å². The van der Waals surface area contributed by atoms with E-state index in [4.69, 9.17) is 9.47 Å². The van der Waals surface area contributed by atoms with Gasteiger partial charge in [0.2, 0.25) is 0 Å². The van der Waals surface area contributed by atoms with Crippen LogP contribution in [0.15, 0.2) is 99.6 Å². The first-order chi connectivity index (χ1) is 17.5. The smallest absolute Gasteiger partial charge is 0.491 e. The van der Waals surface area contributed by atoms with Gasteiger partial charge in [0.05, 0.1) is 30.7 Å². The fraction of sp³-hybridized carbons (Fsp3) is 0.217. The van der Waals surface area contributed by atoms with E-state index in [2.05, 4.69) is 28.4 Å². The van der Waals surface area contributed by atoms with Gasteiger partial charge in [0.1, 0.15) is 12.4 Å². The highest BCUT2D eigenvalue weighted by molar-refractivity contribution is 8.03. The summed E-state index contributed by atoms with van der Waals surface area (Å²) in [5.74, 6) is 0.581. The molecule has 0 aliphatic rings. The van der Waals surface area contributed by atoms with Crippen molar-refractivity contribution in [2.24, 2.45) is 0 Å². The topological polar surface area (TPSA) is 108 Å². The number of ether oxygens (including phenoxy) is 2. The molecule has 3 aromatic rings. The van der Waals surface area contributed by atoms with Crippen LogP contribution < -0.4 is 8.86 Å². The lowest BCUT2D eigenvalue weighted by molar-refractivity contribution is -0.0442. The van der Waals surface area contributed by atoms with E-state index in [-0.39, 0.29) is 30.7 Å². The van der Waals surface area contributed by atoms with Gasteiger partial charge < -0.3 is 9.47 Å². The molecule has 0 aromatic heterocycles. The third-order valence-electron chi connectivity index (χ3n) is 4.50. The predicted molar refractivity (Wildman–Crippen MR) is 131 cm³/mol. The van der Waals surface area contributed by atoms with E-state index in [1.54, 1.807) is 0 Å². The molecule has 0 amide bonds. The maximum atomic E-state index is 12.2. The van der Waals surface area contributed by atoms with Crippen molar-refractivity contribution in [1.29, 1.82) is 0 Å². The molecule has 37 heavy (non-hydrogen) atoms. The Hall–Kier alpha value is -2.62.